The van der Waals surface area contributed by atoms with Crippen LogP contribution in [-0.4, -0.2) is 17.4 Å². The zero-order valence-electron chi connectivity index (χ0n) is 11.4. The van der Waals surface area contributed by atoms with Crippen LogP contribution in [0.25, 0.3) is 0 Å². The fraction of sp³-hybridized carbons (Fsp3) is 0.250. The van der Waals surface area contributed by atoms with Gasteiger partial charge in [0.05, 0.1) is 6.04 Å². The number of fused-ring (bicyclic) bond motifs is 1. The van der Waals surface area contributed by atoms with Crippen LogP contribution in [0, 0.1) is 0 Å². The molecule has 0 aliphatic carbocycles. The zero-order valence-corrected chi connectivity index (χ0v) is 11.4. The maximum absolute atomic E-state index is 12.3. The smallest absolute Gasteiger partial charge is 0.251 e. The van der Waals surface area contributed by atoms with Gasteiger partial charge >= 0.3 is 0 Å². The second-order valence-electron chi connectivity index (χ2n) is 5.02. The number of anilines is 1. The number of amides is 1. The highest BCUT2D eigenvalue weighted by molar-refractivity contribution is 5.95. The Balaban J connectivity index is 1.73. The van der Waals surface area contributed by atoms with Crippen LogP contribution in [0.3, 0.4) is 0 Å². The normalized spacial score (nSPS) is 14.2. The Morgan fingerprint density at radius 1 is 1.30 bits per heavy atom. The average Bonchev–Trinajstić information content (AvgIpc) is 2.95. The number of benzene rings is 1. The SMILES string of the molecule is C[C@@H](NC(=O)c1ccc2c(c1)CCN2)c1ccncc1. The van der Waals surface area contributed by atoms with Gasteiger partial charge in [-0.2, -0.15) is 0 Å². The van der Waals surface area contributed by atoms with E-state index in [1.807, 2.05) is 37.3 Å². The van der Waals surface area contributed by atoms with Gasteiger partial charge in [-0.15, -0.1) is 0 Å². The Hall–Kier alpha value is -2.36. The molecule has 0 spiro atoms. The van der Waals surface area contributed by atoms with E-state index in [9.17, 15) is 4.79 Å². The van der Waals surface area contributed by atoms with Crippen molar-refractivity contribution in [2.45, 2.75) is 19.4 Å². The van der Waals surface area contributed by atoms with E-state index in [0.717, 1.165) is 24.2 Å². The molecule has 1 aliphatic rings. The molecule has 2 heterocycles. The van der Waals surface area contributed by atoms with E-state index < -0.39 is 0 Å². The molecule has 1 atom stereocenters. The Labute approximate surface area is 118 Å². The number of nitrogens with zero attached hydrogens (tertiary/aromatic N) is 1. The quantitative estimate of drug-likeness (QED) is 0.898. The molecule has 0 bridgehead atoms. The van der Waals surface area contributed by atoms with Gasteiger partial charge in [0.25, 0.3) is 5.91 Å². The molecule has 0 saturated carbocycles. The van der Waals surface area contributed by atoms with Crippen LogP contribution in [0.15, 0.2) is 42.7 Å². The van der Waals surface area contributed by atoms with E-state index in [2.05, 4.69) is 15.6 Å². The number of carbonyl (C=O) groups excluding carboxylic acids is 1. The standard InChI is InChI=1S/C16H17N3O/c1-11(12-4-7-17-8-5-12)19-16(20)14-2-3-15-13(10-14)6-9-18-15/h2-5,7-8,10-11,18H,6,9H2,1H3,(H,19,20)/t11-/m1/s1. The highest BCUT2D eigenvalue weighted by atomic mass is 16.1. The van der Waals surface area contributed by atoms with Gasteiger partial charge in [-0.1, -0.05) is 0 Å². The van der Waals surface area contributed by atoms with Crippen molar-refractivity contribution in [2.75, 3.05) is 11.9 Å². The highest BCUT2D eigenvalue weighted by Crippen LogP contribution is 2.23. The number of aromatic nitrogens is 1. The molecular formula is C16H17N3O. The summed E-state index contributed by atoms with van der Waals surface area (Å²) in [6.45, 7) is 2.93. The van der Waals surface area contributed by atoms with E-state index in [0.29, 0.717) is 5.56 Å². The Bertz CT molecular complexity index is 625. The lowest BCUT2D eigenvalue weighted by atomic mass is 10.1. The Morgan fingerprint density at radius 2 is 2.10 bits per heavy atom. The molecular weight excluding hydrogens is 250 g/mol. The summed E-state index contributed by atoms with van der Waals surface area (Å²) in [4.78, 5) is 16.3. The first-order valence-corrected chi connectivity index (χ1v) is 6.81. The summed E-state index contributed by atoms with van der Waals surface area (Å²) in [5, 5.41) is 6.31. The molecule has 0 saturated heterocycles. The third kappa shape index (κ3) is 2.50. The molecule has 4 nitrogen and oxygen atoms in total. The topological polar surface area (TPSA) is 54.0 Å². The van der Waals surface area contributed by atoms with Gasteiger partial charge in [-0.3, -0.25) is 9.78 Å². The van der Waals surface area contributed by atoms with Gasteiger partial charge < -0.3 is 10.6 Å². The van der Waals surface area contributed by atoms with Crippen LogP contribution in [0.1, 0.15) is 34.5 Å². The van der Waals surface area contributed by atoms with Gasteiger partial charge in [0, 0.05) is 30.2 Å². The summed E-state index contributed by atoms with van der Waals surface area (Å²) in [6.07, 6.45) is 4.45. The van der Waals surface area contributed by atoms with Crippen molar-refractivity contribution < 1.29 is 4.79 Å². The van der Waals surface area contributed by atoms with Crippen LogP contribution >= 0.6 is 0 Å². The lowest BCUT2D eigenvalue weighted by molar-refractivity contribution is 0.0940. The van der Waals surface area contributed by atoms with Gasteiger partial charge in [0.1, 0.15) is 0 Å². The number of rotatable bonds is 3. The lowest BCUT2D eigenvalue weighted by Gasteiger charge is -2.14. The molecule has 4 heteroatoms. The van der Waals surface area contributed by atoms with E-state index in [4.69, 9.17) is 0 Å². The van der Waals surface area contributed by atoms with E-state index >= 15 is 0 Å². The molecule has 3 rings (SSSR count). The molecule has 1 amide bonds. The molecule has 102 valence electrons. The predicted molar refractivity (Wildman–Crippen MR) is 78.8 cm³/mol. The largest absolute Gasteiger partial charge is 0.384 e. The van der Waals surface area contributed by atoms with E-state index in [1.165, 1.54) is 5.56 Å². The fourth-order valence-electron chi connectivity index (χ4n) is 2.46. The summed E-state index contributed by atoms with van der Waals surface area (Å²) < 4.78 is 0. The number of hydrogen-bond donors (Lipinski definition) is 2. The van der Waals surface area contributed by atoms with Crippen molar-refractivity contribution in [3.8, 4) is 0 Å². The van der Waals surface area contributed by atoms with Crippen LogP contribution in [0.4, 0.5) is 5.69 Å². The lowest BCUT2D eigenvalue weighted by Crippen LogP contribution is -2.26. The van der Waals surface area contributed by atoms with Crippen molar-refractivity contribution in [3.63, 3.8) is 0 Å². The number of carbonyl (C=O) groups is 1. The summed E-state index contributed by atoms with van der Waals surface area (Å²) in [5.74, 6) is -0.0380. The number of nitrogens with one attached hydrogen (secondary N) is 2. The zero-order chi connectivity index (χ0) is 13.9. The van der Waals surface area contributed by atoms with E-state index in [-0.39, 0.29) is 11.9 Å². The minimum atomic E-state index is -0.0380. The maximum atomic E-state index is 12.3. The fourth-order valence-corrected chi connectivity index (χ4v) is 2.46. The minimum absolute atomic E-state index is 0.0307. The van der Waals surface area contributed by atoms with Gasteiger partial charge in [-0.05, 0) is 54.8 Å². The number of pyridine rings is 1. The minimum Gasteiger partial charge on any atom is -0.384 e. The van der Waals surface area contributed by atoms with Crippen molar-refractivity contribution in [3.05, 3.63) is 59.4 Å². The first-order valence-electron chi connectivity index (χ1n) is 6.81. The molecule has 1 aromatic heterocycles. The summed E-state index contributed by atoms with van der Waals surface area (Å²) in [7, 11) is 0. The Kier molecular flexibility index (Phi) is 3.37. The van der Waals surface area contributed by atoms with E-state index in [1.54, 1.807) is 12.4 Å². The second-order valence-corrected chi connectivity index (χ2v) is 5.02. The average molecular weight is 267 g/mol. The maximum Gasteiger partial charge on any atom is 0.251 e. The van der Waals surface area contributed by atoms with Crippen molar-refractivity contribution >= 4 is 11.6 Å². The monoisotopic (exact) mass is 267 g/mol. The molecule has 1 aliphatic heterocycles. The molecule has 0 radical (unpaired) electrons. The van der Waals surface area contributed by atoms with Gasteiger partial charge in [0.2, 0.25) is 0 Å². The molecule has 20 heavy (non-hydrogen) atoms. The number of hydrogen-bond acceptors (Lipinski definition) is 3. The molecule has 0 fully saturated rings. The summed E-state index contributed by atoms with van der Waals surface area (Å²) >= 11 is 0. The summed E-state index contributed by atoms with van der Waals surface area (Å²) in [6, 6.07) is 9.62. The molecule has 1 aromatic carbocycles. The highest BCUT2D eigenvalue weighted by Gasteiger charge is 2.15. The van der Waals surface area contributed by atoms with Crippen molar-refractivity contribution in [2.24, 2.45) is 0 Å². The van der Waals surface area contributed by atoms with Crippen molar-refractivity contribution in [1.82, 2.24) is 10.3 Å². The van der Waals surface area contributed by atoms with Crippen LogP contribution in [0.5, 0.6) is 0 Å². The van der Waals surface area contributed by atoms with Gasteiger partial charge in [-0.25, -0.2) is 0 Å². The van der Waals surface area contributed by atoms with Crippen LogP contribution in [0.2, 0.25) is 0 Å². The molecule has 2 aromatic rings. The van der Waals surface area contributed by atoms with Crippen LogP contribution < -0.4 is 10.6 Å². The first-order chi connectivity index (χ1) is 9.74. The van der Waals surface area contributed by atoms with Gasteiger partial charge in [0.15, 0.2) is 0 Å². The van der Waals surface area contributed by atoms with Crippen LogP contribution in [-0.2, 0) is 6.42 Å². The predicted octanol–water partition coefficient (Wildman–Crippen LogP) is 2.54. The molecule has 0 unspecified atom stereocenters. The Morgan fingerprint density at radius 3 is 2.90 bits per heavy atom. The molecule has 2 N–H and O–H groups in total. The summed E-state index contributed by atoms with van der Waals surface area (Å²) in [5.41, 5.74) is 4.13. The third-order valence-electron chi connectivity index (χ3n) is 3.63. The first kappa shape index (κ1) is 12.7. The second kappa shape index (κ2) is 5.33. The van der Waals surface area contributed by atoms with Crippen molar-refractivity contribution in [1.29, 1.82) is 0 Å². The third-order valence-corrected chi connectivity index (χ3v) is 3.63.